The van der Waals surface area contributed by atoms with Crippen molar-refractivity contribution in [3.63, 3.8) is 0 Å². The summed E-state index contributed by atoms with van der Waals surface area (Å²) in [7, 11) is 1.30. The number of benzene rings is 1. The van der Waals surface area contributed by atoms with E-state index in [1.165, 1.54) is 18.4 Å². The lowest BCUT2D eigenvalue weighted by molar-refractivity contribution is -0.150. The molecule has 7 nitrogen and oxygen atoms in total. The first kappa shape index (κ1) is 18.1. The summed E-state index contributed by atoms with van der Waals surface area (Å²) in [5.41, 5.74) is 0.809. The fourth-order valence-corrected chi connectivity index (χ4v) is 3.31. The van der Waals surface area contributed by atoms with Crippen molar-refractivity contribution < 1.29 is 23.9 Å². The number of anilines is 1. The van der Waals surface area contributed by atoms with Crippen LogP contribution >= 0.6 is 11.3 Å². The first-order valence-electron chi connectivity index (χ1n) is 8.07. The van der Waals surface area contributed by atoms with Crippen LogP contribution in [-0.4, -0.2) is 36.5 Å². The van der Waals surface area contributed by atoms with Gasteiger partial charge >= 0.3 is 11.9 Å². The normalized spacial score (nSPS) is 14.3. The summed E-state index contributed by atoms with van der Waals surface area (Å²) in [6.45, 7) is -0.376. The number of nitrogens with one attached hydrogen (secondary N) is 1. The molecule has 3 rings (SSSR count). The summed E-state index contributed by atoms with van der Waals surface area (Å²) in [6.07, 6.45) is 1.49. The average Bonchev–Trinajstić information content (AvgIpc) is 3.36. The zero-order valence-electron chi connectivity index (χ0n) is 14.2. The van der Waals surface area contributed by atoms with Crippen LogP contribution in [0.1, 0.15) is 24.1 Å². The Morgan fingerprint density at radius 1 is 1.23 bits per heavy atom. The molecule has 1 N–H and O–H groups in total. The van der Waals surface area contributed by atoms with Gasteiger partial charge < -0.3 is 9.47 Å². The third-order valence-electron chi connectivity index (χ3n) is 4.15. The number of nitrogens with zero attached hydrogens (tertiary/aromatic N) is 1. The van der Waals surface area contributed by atoms with Crippen LogP contribution in [0, 0.1) is 0 Å². The first-order valence-corrected chi connectivity index (χ1v) is 8.95. The Kier molecular flexibility index (Phi) is 5.32. The largest absolute Gasteiger partial charge is 0.469 e. The van der Waals surface area contributed by atoms with Crippen molar-refractivity contribution in [1.82, 2.24) is 4.98 Å². The number of rotatable bonds is 7. The van der Waals surface area contributed by atoms with Gasteiger partial charge in [-0.05, 0) is 18.4 Å². The number of thiazole rings is 1. The summed E-state index contributed by atoms with van der Waals surface area (Å²) < 4.78 is 9.76. The molecular weight excluding hydrogens is 356 g/mol. The van der Waals surface area contributed by atoms with Crippen molar-refractivity contribution in [3.8, 4) is 0 Å². The van der Waals surface area contributed by atoms with Crippen LogP contribution < -0.4 is 5.32 Å². The molecule has 0 bridgehead atoms. The summed E-state index contributed by atoms with van der Waals surface area (Å²) in [6, 6.07) is 9.44. The number of esters is 2. The minimum absolute atomic E-state index is 0.0391. The summed E-state index contributed by atoms with van der Waals surface area (Å²) >= 11 is 1.19. The van der Waals surface area contributed by atoms with Crippen LogP contribution in [0.2, 0.25) is 0 Å². The van der Waals surface area contributed by atoms with Gasteiger partial charge in [-0.2, -0.15) is 0 Å². The molecule has 136 valence electrons. The van der Waals surface area contributed by atoms with E-state index >= 15 is 0 Å². The van der Waals surface area contributed by atoms with Crippen molar-refractivity contribution in [3.05, 3.63) is 47.0 Å². The number of amides is 1. The van der Waals surface area contributed by atoms with E-state index in [9.17, 15) is 14.4 Å². The number of aromatic nitrogens is 1. The van der Waals surface area contributed by atoms with Gasteiger partial charge in [0.05, 0.1) is 24.6 Å². The number of hydrogen-bond acceptors (Lipinski definition) is 7. The summed E-state index contributed by atoms with van der Waals surface area (Å²) in [4.78, 5) is 39.7. The molecule has 1 saturated carbocycles. The molecule has 1 aromatic carbocycles. The van der Waals surface area contributed by atoms with Gasteiger partial charge in [-0.25, -0.2) is 4.98 Å². The Balaban J connectivity index is 1.50. The highest BCUT2D eigenvalue weighted by molar-refractivity contribution is 7.13. The lowest BCUT2D eigenvalue weighted by Gasteiger charge is -2.14. The summed E-state index contributed by atoms with van der Waals surface area (Å²) in [5, 5.41) is 4.56. The molecular formula is C18H18N2O5S. The molecule has 0 radical (unpaired) electrons. The van der Waals surface area contributed by atoms with Crippen LogP contribution in [-0.2, 0) is 35.7 Å². The molecule has 0 spiro atoms. The van der Waals surface area contributed by atoms with E-state index in [0.29, 0.717) is 10.8 Å². The fourth-order valence-electron chi connectivity index (χ4n) is 2.58. The van der Waals surface area contributed by atoms with Gasteiger partial charge in [0, 0.05) is 5.38 Å². The Morgan fingerprint density at radius 2 is 1.96 bits per heavy atom. The number of ether oxygens (including phenoxy) is 2. The van der Waals surface area contributed by atoms with Crippen molar-refractivity contribution >= 4 is 34.3 Å². The predicted octanol–water partition coefficient (Wildman–Crippen LogP) is 2.07. The number of carbonyl (C=O) groups excluding carboxylic acids is 3. The van der Waals surface area contributed by atoms with Crippen LogP contribution in [0.15, 0.2) is 35.7 Å². The Labute approximate surface area is 154 Å². The van der Waals surface area contributed by atoms with Gasteiger partial charge in [-0.15, -0.1) is 11.3 Å². The minimum Gasteiger partial charge on any atom is -0.469 e. The molecule has 1 aromatic heterocycles. The molecule has 1 heterocycles. The molecule has 26 heavy (non-hydrogen) atoms. The molecule has 8 heteroatoms. The second-order valence-electron chi connectivity index (χ2n) is 5.97. The maximum atomic E-state index is 12.4. The third kappa shape index (κ3) is 4.08. The van der Waals surface area contributed by atoms with E-state index in [2.05, 4.69) is 15.0 Å². The molecule has 2 aromatic rings. The zero-order valence-corrected chi connectivity index (χ0v) is 15.0. The second kappa shape index (κ2) is 7.65. The molecule has 1 aliphatic rings. The highest BCUT2D eigenvalue weighted by Gasteiger charge is 2.52. The van der Waals surface area contributed by atoms with Gasteiger partial charge in [0.2, 0.25) is 0 Å². The number of methoxy groups -OCH3 is 1. The molecule has 0 saturated heterocycles. The average molecular weight is 374 g/mol. The van der Waals surface area contributed by atoms with Gasteiger partial charge in [0.15, 0.2) is 11.7 Å². The van der Waals surface area contributed by atoms with Crippen LogP contribution in [0.3, 0.4) is 0 Å². The highest BCUT2D eigenvalue weighted by Crippen LogP contribution is 2.49. The Bertz CT molecular complexity index is 814. The molecule has 0 unspecified atom stereocenters. The van der Waals surface area contributed by atoms with Gasteiger partial charge in [-0.1, -0.05) is 30.3 Å². The quantitative estimate of drug-likeness (QED) is 0.746. The van der Waals surface area contributed by atoms with Crippen molar-refractivity contribution in [2.75, 3.05) is 19.0 Å². The van der Waals surface area contributed by atoms with E-state index in [4.69, 9.17) is 4.74 Å². The van der Waals surface area contributed by atoms with E-state index < -0.39 is 17.3 Å². The molecule has 1 aliphatic carbocycles. The molecule has 0 aliphatic heterocycles. The Hall–Kier alpha value is -2.74. The maximum Gasteiger partial charge on any atom is 0.317 e. The monoisotopic (exact) mass is 374 g/mol. The second-order valence-corrected chi connectivity index (χ2v) is 6.83. The van der Waals surface area contributed by atoms with E-state index in [0.717, 1.165) is 18.4 Å². The van der Waals surface area contributed by atoms with Crippen LogP contribution in [0.4, 0.5) is 5.13 Å². The predicted molar refractivity (Wildman–Crippen MR) is 94.8 cm³/mol. The van der Waals surface area contributed by atoms with Gasteiger partial charge in [0.1, 0.15) is 0 Å². The number of carbonyl (C=O) groups is 3. The van der Waals surface area contributed by atoms with Crippen molar-refractivity contribution in [2.45, 2.75) is 24.7 Å². The van der Waals surface area contributed by atoms with E-state index in [-0.39, 0.29) is 19.0 Å². The lowest BCUT2D eigenvalue weighted by atomic mass is 9.96. The zero-order chi connectivity index (χ0) is 18.6. The lowest BCUT2D eigenvalue weighted by Crippen LogP contribution is -2.28. The number of hydrogen-bond donors (Lipinski definition) is 1. The smallest absolute Gasteiger partial charge is 0.317 e. The minimum atomic E-state index is -0.615. The van der Waals surface area contributed by atoms with Crippen LogP contribution in [0.25, 0.3) is 0 Å². The van der Waals surface area contributed by atoms with E-state index in [1.54, 1.807) is 5.38 Å². The molecule has 1 fully saturated rings. The third-order valence-corrected chi connectivity index (χ3v) is 4.96. The topological polar surface area (TPSA) is 94.6 Å². The van der Waals surface area contributed by atoms with Gasteiger partial charge in [0.25, 0.3) is 5.91 Å². The fraction of sp³-hybridized carbons (Fsp3) is 0.333. The maximum absolute atomic E-state index is 12.4. The van der Waals surface area contributed by atoms with Gasteiger partial charge in [-0.3, -0.25) is 19.7 Å². The summed E-state index contributed by atoms with van der Waals surface area (Å²) in [5.74, 6) is -1.26. The molecule has 1 amide bonds. The van der Waals surface area contributed by atoms with Crippen LogP contribution in [0.5, 0.6) is 0 Å². The van der Waals surface area contributed by atoms with Crippen molar-refractivity contribution in [2.24, 2.45) is 0 Å². The standard InChI is InChI=1S/C18H18N2O5S/c1-24-15(22)9-13-11-26-17(19-13)20-14(21)10-25-16(23)18(7-8-18)12-5-3-2-4-6-12/h2-6,11H,7-10H2,1H3,(H,19,20,21). The first-order chi connectivity index (χ1) is 12.5. The van der Waals surface area contributed by atoms with E-state index in [1.807, 2.05) is 30.3 Å². The van der Waals surface area contributed by atoms with Crippen molar-refractivity contribution in [1.29, 1.82) is 0 Å². The molecule has 0 atom stereocenters. The Morgan fingerprint density at radius 3 is 2.62 bits per heavy atom. The highest BCUT2D eigenvalue weighted by atomic mass is 32.1. The SMILES string of the molecule is COC(=O)Cc1csc(NC(=O)COC(=O)C2(c3ccccc3)CC2)n1.